The Kier molecular flexibility index (Phi) is 2.94. The summed E-state index contributed by atoms with van der Waals surface area (Å²) in [7, 11) is 1.81. The molecule has 1 heterocycles. The van der Waals surface area contributed by atoms with Crippen LogP contribution in [-0.4, -0.2) is 13.0 Å². The van der Waals surface area contributed by atoms with Gasteiger partial charge in [0.25, 0.3) is 5.91 Å². The minimum atomic E-state index is 0.0128. The second-order valence-corrected chi connectivity index (χ2v) is 6.80. The van der Waals surface area contributed by atoms with Crippen LogP contribution in [0, 0.1) is 0 Å². The first kappa shape index (κ1) is 14.5. The lowest BCUT2D eigenvalue weighted by atomic mass is 9.94. The molecule has 0 saturated carbocycles. The van der Waals surface area contributed by atoms with E-state index in [1.165, 1.54) is 11.1 Å². The van der Waals surface area contributed by atoms with Crippen LogP contribution in [0.15, 0.2) is 66.7 Å². The molecule has 3 aromatic carbocycles. The van der Waals surface area contributed by atoms with Crippen LogP contribution in [0.1, 0.15) is 16.7 Å². The van der Waals surface area contributed by atoms with E-state index in [-0.39, 0.29) is 5.91 Å². The van der Waals surface area contributed by atoms with E-state index in [4.69, 9.17) is 11.6 Å². The minimum Gasteiger partial charge on any atom is -0.311 e. The van der Waals surface area contributed by atoms with Crippen molar-refractivity contribution in [1.82, 2.24) is 0 Å². The maximum atomic E-state index is 13.1. The molecule has 3 aromatic rings. The molecule has 3 heteroatoms. The van der Waals surface area contributed by atoms with Gasteiger partial charge in [-0.1, -0.05) is 60.1 Å². The molecule has 1 aliphatic heterocycles. The number of fused-ring (bicyclic) bond motifs is 4. The van der Waals surface area contributed by atoms with Gasteiger partial charge in [0.2, 0.25) is 0 Å². The molecule has 0 spiro atoms. The van der Waals surface area contributed by atoms with Crippen molar-refractivity contribution in [1.29, 1.82) is 0 Å². The highest BCUT2D eigenvalue weighted by Crippen LogP contribution is 2.50. The maximum absolute atomic E-state index is 13.1. The largest absolute Gasteiger partial charge is 0.311 e. The first-order valence-corrected chi connectivity index (χ1v) is 8.56. The average molecular weight is 344 g/mol. The molecule has 0 N–H and O–H groups in total. The molecule has 2 nitrogen and oxygen atoms in total. The van der Waals surface area contributed by atoms with Gasteiger partial charge in [0.05, 0.1) is 11.3 Å². The molecule has 25 heavy (non-hydrogen) atoms. The summed E-state index contributed by atoms with van der Waals surface area (Å²) in [6.07, 6.45) is 0. The number of hydrogen-bond acceptors (Lipinski definition) is 1. The van der Waals surface area contributed by atoms with Crippen LogP contribution in [0.5, 0.6) is 0 Å². The van der Waals surface area contributed by atoms with Crippen LogP contribution < -0.4 is 4.90 Å². The van der Waals surface area contributed by atoms with Crippen LogP contribution >= 0.6 is 11.6 Å². The molecule has 0 fully saturated rings. The summed E-state index contributed by atoms with van der Waals surface area (Å²) in [5.41, 5.74) is 8.10. The van der Waals surface area contributed by atoms with E-state index in [2.05, 4.69) is 24.3 Å². The van der Waals surface area contributed by atoms with Crippen LogP contribution in [0.25, 0.3) is 22.3 Å². The fraction of sp³-hybridized carbons (Fsp3) is 0.0455. The van der Waals surface area contributed by atoms with E-state index < -0.39 is 0 Å². The van der Waals surface area contributed by atoms with Crippen molar-refractivity contribution in [3.63, 3.8) is 0 Å². The summed E-state index contributed by atoms with van der Waals surface area (Å²) in [5, 5.41) is 0.638. The summed E-state index contributed by atoms with van der Waals surface area (Å²) in [5.74, 6) is 0.0128. The standard InChI is InChI=1S/C22H14ClNO/c1-24-19-11-10-13(23)12-18(19)21(22(24)25)20-16-8-4-2-6-14(16)15-7-3-5-9-17(15)20/h2-12H,1H3. The van der Waals surface area contributed by atoms with Gasteiger partial charge in [0.15, 0.2) is 0 Å². The number of amides is 1. The number of carbonyl (C=O) groups excluding carboxylic acids is 1. The highest BCUT2D eigenvalue weighted by molar-refractivity contribution is 6.41. The SMILES string of the molecule is CN1C(=O)C(=C2c3ccccc3-c3ccccc32)c2cc(Cl)ccc21. The number of hydrogen-bond donors (Lipinski definition) is 0. The van der Waals surface area contributed by atoms with E-state index in [0.29, 0.717) is 5.02 Å². The number of halogens is 1. The van der Waals surface area contributed by atoms with Crippen LogP contribution in [0.4, 0.5) is 5.69 Å². The third-order valence-electron chi connectivity index (χ3n) is 5.04. The number of likely N-dealkylation sites (N-methyl/N-ethyl adjacent to an activating group) is 1. The van der Waals surface area contributed by atoms with Crippen molar-refractivity contribution in [2.24, 2.45) is 0 Å². The fourth-order valence-electron chi connectivity index (χ4n) is 3.92. The van der Waals surface area contributed by atoms with Gasteiger partial charge in [0, 0.05) is 23.2 Å². The molecule has 120 valence electrons. The Balaban J connectivity index is 1.93. The van der Waals surface area contributed by atoms with Gasteiger partial charge in [-0.15, -0.1) is 0 Å². The fourth-order valence-corrected chi connectivity index (χ4v) is 4.09. The van der Waals surface area contributed by atoms with E-state index in [1.807, 2.05) is 49.5 Å². The quantitative estimate of drug-likeness (QED) is 0.399. The van der Waals surface area contributed by atoms with Crippen LogP contribution in [-0.2, 0) is 4.79 Å². The molecule has 0 bridgehead atoms. The molecular weight excluding hydrogens is 330 g/mol. The van der Waals surface area contributed by atoms with Crippen LogP contribution in [0.3, 0.4) is 0 Å². The van der Waals surface area contributed by atoms with Crippen molar-refractivity contribution < 1.29 is 4.79 Å². The molecule has 5 rings (SSSR count). The van der Waals surface area contributed by atoms with Gasteiger partial charge in [-0.3, -0.25) is 4.79 Å². The summed E-state index contributed by atoms with van der Waals surface area (Å²) in [4.78, 5) is 14.8. The Morgan fingerprint density at radius 2 is 1.28 bits per heavy atom. The van der Waals surface area contributed by atoms with E-state index >= 15 is 0 Å². The van der Waals surface area contributed by atoms with Crippen LogP contribution in [0.2, 0.25) is 5.02 Å². The number of anilines is 1. The lowest BCUT2D eigenvalue weighted by Gasteiger charge is -2.09. The molecule has 0 unspecified atom stereocenters. The van der Waals surface area contributed by atoms with E-state index in [1.54, 1.807) is 4.90 Å². The van der Waals surface area contributed by atoms with Crippen molar-refractivity contribution in [2.45, 2.75) is 0 Å². The van der Waals surface area contributed by atoms with Gasteiger partial charge in [-0.25, -0.2) is 0 Å². The van der Waals surface area contributed by atoms with Gasteiger partial charge in [0.1, 0.15) is 0 Å². The lowest BCUT2D eigenvalue weighted by molar-refractivity contribution is -0.112. The highest BCUT2D eigenvalue weighted by Gasteiger charge is 2.36. The number of nitrogens with zero attached hydrogens (tertiary/aromatic N) is 1. The molecule has 0 radical (unpaired) electrons. The van der Waals surface area contributed by atoms with Crippen molar-refractivity contribution in [2.75, 3.05) is 11.9 Å². The zero-order valence-electron chi connectivity index (χ0n) is 13.6. The van der Waals surface area contributed by atoms with E-state index in [0.717, 1.165) is 33.5 Å². The van der Waals surface area contributed by atoms with Crippen molar-refractivity contribution >= 4 is 34.3 Å². The first-order valence-electron chi connectivity index (χ1n) is 8.18. The summed E-state index contributed by atoms with van der Waals surface area (Å²) in [6, 6.07) is 22.2. The summed E-state index contributed by atoms with van der Waals surface area (Å²) < 4.78 is 0. The molecule has 0 atom stereocenters. The molecule has 1 amide bonds. The molecular formula is C22H14ClNO. The molecule has 1 aliphatic carbocycles. The van der Waals surface area contributed by atoms with Crippen molar-refractivity contribution in [3.05, 3.63) is 88.4 Å². The smallest absolute Gasteiger partial charge is 0.259 e. The average Bonchev–Trinajstić information content (AvgIpc) is 3.08. The van der Waals surface area contributed by atoms with E-state index in [9.17, 15) is 4.79 Å². The number of rotatable bonds is 0. The van der Waals surface area contributed by atoms with Gasteiger partial charge < -0.3 is 4.90 Å². The molecule has 0 aromatic heterocycles. The predicted molar refractivity (Wildman–Crippen MR) is 103 cm³/mol. The minimum absolute atomic E-state index is 0.0128. The van der Waals surface area contributed by atoms with Gasteiger partial charge >= 0.3 is 0 Å². The second-order valence-electron chi connectivity index (χ2n) is 6.37. The Bertz CT molecular complexity index is 1050. The number of carbonyl (C=O) groups is 1. The maximum Gasteiger partial charge on any atom is 0.259 e. The third-order valence-corrected chi connectivity index (χ3v) is 5.28. The predicted octanol–water partition coefficient (Wildman–Crippen LogP) is 5.26. The summed E-state index contributed by atoms with van der Waals surface area (Å²) in [6.45, 7) is 0. The third kappa shape index (κ3) is 1.89. The Hall–Kier alpha value is -2.84. The molecule has 2 aliphatic rings. The Labute approximate surface area is 151 Å². The summed E-state index contributed by atoms with van der Waals surface area (Å²) >= 11 is 6.24. The monoisotopic (exact) mass is 343 g/mol. The first-order chi connectivity index (χ1) is 12.2. The Morgan fingerprint density at radius 1 is 0.720 bits per heavy atom. The van der Waals surface area contributed by atoms with Gasteiger partial charge in [-0.05, 0) is 40.5 Å². The number of benzene rings is 3. The van der Waals surface area contributed by atoms with Gasteiger partial charge in [-0.2, -0.15) is 0 Å². The Morgan fingerprint density at radius 3 is 1.88 bits per heavy atom. The second kappa shape index (κ2) is 5.08. The zero-order valence-corrected chi connectivity index (χ0v) is 14.3. The zero-order chi connectivity index (χ0) is 17.1. The topological polar surface area (TPSA) is 20.3 Å². The molecule has 0 saturated heterocycles. The van der Waals surface area contributed by atoms with Crippen molar-refractivity contribution in [3.8, 4) is 11.1 Å². The normalized spacial score (nSPS) is 14.6. The lowest BCUT2D eigenvalue weighted by Crippen LogP contribution is -2.20. The highest BCUT2D eigenvalue weighted by atomic mass is 35.5.